The molecule has 2 aliphatic rings. The van der Waals surface area contributed by atoms with Crippen LogP contribution in [-0.4, -0.2) is 29.3 Å². The van der Waals surface area contributed by atoms with Gasteiger partial charge in [0.2, 0.25) is 5.91 Å². The minimum absolute atomic E-state index is 0.00445. The first-order valence-corrected chi connectivity index (χ1v) is 11.2. The van der Waals surface area contributed by atoms with Gasteiger partial charge in [-0.2, -0.15) is 0 Å². The maximum Gasteiger partial charge on any atom is 0.230 e. The van der Waals surface area contributed by atoms with Gasteiger partial charge in [0.05, 0.1) is 29.7 Å². The number of carbonyl (C=O) groups is 1. The summed E-state index contributed by atoms with van der Waals surface area (Å²) in [6.07, 6.45) is 5.56. The molecule has 1 fully saturated rings. The summed E-state index contributed by atoms with van der Waals surface area (Å²) in [7, 11) is 1.75. The number of hydrogen-bond acceptors (Lipinski definition) is 6. The van der Waals surface area contributed by atoms with Crippen LogP contribution in [0.4, 0.5) is 17.2 Å². The number of ether oxygens (including phenoxy) is 1. The third kappa shape index (κ3) is 3.66. The van der Waals surface area contributed by atoms with E-state index in [2.05, 4.69) is 21.5 Å². The summed E-state index contributed by atoms with van der Waals surface area (Å²) in [5.74, 6) is 1.72. The maximum absolute atomic E-state index is 13.8. The Kier molecular flexibility index (Phi) is 5.43. The van der Waals surface area contributed by atoms with Gasteiger partial charge in [-0.1, -0.05) is 17.3 Å². The second kappa shape index (κ2) is 8.39. The second-order valence-electron chi connectivity index (χ2n) is 8.70. The van der Waals surface area contributed by atoms with Gasteiger partial charge in [0, 0.05) is 30.4 Å². The van der Waals surface area contributed by atoms with Gasteiger partial charge in [-0.25, -0.2) is 4.98 Å². The number of pyridine rings is 1. The van der Waals surface area contributed by atoms with Gasteiger partial charge in [0.25, 0.3) is 0 Å². The quantitative estimate of drug-likeness (QED) is 0.617. The number of hydrogen-bond donors (Lipinski definition) is 1. The van der Waals surface area contributed by atoms with Crippen molar-refractivity contribution in [3.63, 3.8) is 0 Å². The molecule has 0 spiro atoms. The first kappa shape index (κ1) is 20.7. The third-order valence-corrected chi connectivity index (χ3v) is 6.71. The average molecular weight is 433 g/mol. The summed E-state index contributed by atoms with van der Waals surface area (Å²) in [6.45, 7) is 4.33. The van der Waals surface area contributed by atoms with Crippen LogP contribution in [0.15, 0.2) is 41.1 Å². The predicted molar refractivity (Wildman–Crippen MR) is 123 cm³/mol. The van der Waals surface area contributed by atoms with E-state index < -0.39 is 0 Å². The number of anilines is 3. The van der Waals surface area contributed by atoms with E-state index in [-0.39, 0.29) is 17.9 Å². The van der Waals surface area contributed by atoms with Gasteiger partial charge in [0.1, 0.15) is 11.6 Å². The monoisotopic (exact) mass is 432 g/mol. The van der Waals surface area contributed by atoms with Crippen molar-refractivity contribution < 1.29 is 14.1 Å². The van der Waals surface area contributed by atoms with Crippen molar-refractivity contribution in [1.29, 1.82) is 0 Å². The van der Waals surface area contributed by atoms with Crippen molar-refractivity contribution in [2.45, 2.75) is 52.2 Å². The van der Waals surface area contributed by atoms with E-state index in [4.69, 9.17) is 9.26 Å². The maximum atomic E-state index is 13.8. The lowest BCUT2D eigenvalue weighted by atomic mass is 9.86. The summed E-state index contributed by atoms with van der Waals surface area (Å²) in [4.78, 5) is 20.3. The molecule has 1 N–H and O–H groups in total. The number of carbonyl (C=O) groups excluding carboxylic acids is 1. The Labute approximate surface area is 187 Å². The van der Waals surface area contributed by atoms with Crippen molar-refractivity contribution in [2.24, 2.45) is 5.92 Å². The van der Waals surface area contributed by atoms with Crippen LogP contribution in [0.1, 0.15) is 42.7 Å². The summed E-state index contributed by atoms with van der Waals surface area (Å²) in [5, 5.41) is 7.55. The number of fused-ring (bicyclic) bond motifs is 2. The number of nitrogens with zero attached hydrogens (tertiary/aromatic N) is 3. The normalized spacial score (nSPS) is 20.2. The Bertz CT molecular complexity index is 1130. The number of amides is 1. The van der Waals surface area contributed by atoms with Crippen molar-refractivity contribution in [2.75, 3.05) is 17.3 Å². The van der Waals surface area contributed by atoms with Crippen molar-refractivity contribution in [3.05, 3.63) is 53.5 Å². The summed E-state index contributed by atoms with van der Waals surface area (Å²) in [5.41, 5.74) is 5.53. The van der Waals surface area contributed by atoms with Crippen LogP contribution in [0.3, 0.4) is 0 Å². The van der Waals surface area contributed by atoms with Crippen LogP contribution in [0, 0.1) is 19.8 Å². The van der Waals surface area contributed by atoms with Crippen LogP contribution in [-0.2, 0) is 16.1 Å². The zero-order valence-electron chi connectivity index (χ0n) is 18.7. The van der Waals surface area contributed by atoms with Gasteiger partial charge in [-0.3, -0.25) is 4.79 Å². The largest absolute Gasteiger partial charge is 0.381 e. The number of rotatable bonds is 3. The lowest BCUT2D eigenvalue weighted by Crippen LogP contribution is -2.38. The lowest BCUT2D eigenvalue weighted by Gasteiger charge is -2.32. The molecule has 32 heavy (non-hydrogen) atoms. The molecule has 0 radical (unpaired) electrons. The Morgan fingerprint density at radius 3 is 2.72 bits per heavy atom. The number of benzene rings is 1. The molecule has 1 aromatic carbocycles. The summed E-state index contributed by atoms with van der Waals surface area (Å²) < 4.78 is 10.9. The molecule has 1 aliphatic heterocycles. The minimum Gasteiger partial charge on any atom is -0.381 e. The fourth-order valence-electron chi connectivity index (χ4n) is 4.94. The predicted octanol–water partition coefficient (Wildman–Crippen LogP) is 5.15. The Balaban J connectivity index is 1.56. The van der Waals surface area contributed by atoms with E-state index in [0.29, 0.717) is 6.54 Å². The molecule has 1 amide bonds. The van der Waals surface area contributed by atoms with Crippen LogP contribution >= 0.6 is 0 Å². The van der Waals surface area contributed by atoms with Gasteiger partial charge >= 0.3 is 0 Å². The highest BCUT2D eigenvalue weighted by Gasteiger charge is 2.33. The molecule has 0 bridgehead atoms. The third-order valence-electron chi connectivity index (χ3n) is 6.71. The first-order chi connectivity index (χ1) is 15.5. The molecule has 1 aliphatic carbocycles. The number of nitrogens with one attached hydrogen (secondary N) is 1. The molecule has 0 saturated heterocycles. The fourth-order valence-corrected chi connectivity index (χ4v) is 4.94. The first-order valence-electron chi connectivity index (χ1n) is 11.2. The van der Waals surface area contributed by atoms with E-state index in [0.717, 1.165) is 71.0 Å². The zero-order chi connectivity index (χ0) is 22.2. The Hall–Kier alpha value is -3.19. The molecule has 166 valence electrons. The number of aromatic nitrogens is 2. The van der Waals surface area contributed by atoms with Crippen LogP contribution < -0.4 is 10.2 Å². The van der Waals surface area contributed by atoms with Crippen LogP contribution in [0.2, 0.25) is 0 Å². The summed E-state index contributed by atoms with van der Waals surface area (Å²) in [6, 6.07) is 10.1. The standard InChI is InChI=1S/C25H28N4O3/c1-15-23(16(2)32-28-15)18-8-11-21-22(13-18)29(14-19-5-4-12-26-24(19)27-21)25(30)17-6-9-20(31-3)10-7-17/h4-5,8,11-13,17,20H,6-7,9-10,14H2,1-3H3,(H,26,27). The molecule has 1 saturated carbocycles. The van der Waals surface area contributed by atoms with Crippen molar-refractivity contribution in [1.82, 2.24) is 10.1 Å². The molecule has 3 heterocycles. The highest BCUT2D eigenvalue weighted by atomic mass is 16.5. The molecule has 5 rings (SSSR count). The van der Waals surface area contributed by atoms with Crippen LogP contribution in [0.5, 0.6) is 0 Å². The van der Waals surface area contributed by atoms with Gasteiger partial charge in [-0.15, -0.1) is 0 Å². The van der Waals surface area contributed by atoms with Gasteiger partial charge in [-0.05, 0) is 63.3 Å². The molecule has 3 aromatic rings. The molecule has 2 aromatic heterocycles. The lowest BCUT2D eigenvalue weighted by molar-refractivity contribution is -0.124. The highest BCUT2D eigenvalue weighted by molar-refractivity contribution is 6.00. The highest BCUT2D eigenvalue weighted by Crippen LogP contribution is 2.40. The molecule has 0 atom stereocenters. The topological polar surface area (TPSA) is 80.5 Å². The van der Waals surface area contributed by atoms with Crippen molar-refractivity contribution >= 4 is 23.1 Å². The Morgan fingerprint density at radius 2 is 2.00 bits per heavy atom. The second-order valence-corrected chi connectivity index (χ2v) is 8.70. The SMILES string of the molecule is COC1CCC(C(=O)N2Cc3cccnc3Nc3ccc(-c4c(C)noc4C)cc32)CC1. The van der Waals surface area contributed by atoms with E-state index in [9.17, 15) is 4.79 Å². The smallest absolute Gasteiger partial charge is 0.230 e. The fraction of sp³-hybridized carbons (Fsp3) is 0.400. The number of methoxy groups -OCH3 is 1. The zero-order valence-corrected chi connectivity index (χ0v) is 18.7. The molecule has 7 nitrogen and oxygen atoms in total. The molecular formula is C25H28N4O3. The van der Waals surface area contributed by atoms with E-state index in [1.54, 1.807) is 13.3 Å². The van der Waals surface area contributed by atoms with E-state index in [1.165, 1.54) is 0 Å². The van der Waals surface area contributed by atoms with E-state index in [1.807, 2.05) is 43.0 Å². The minimum atomic E-state index is -0.00445. The van der Waals surface area contributed by atoms with Gasteiger partial charge < -0.3 is 19.5 Å². The van der Waals surface area contributed by atoms with Crippen LogP contribution in [0.25, 0.3) is 11.1 Å². The van der Waals surface area contributed by atoms with E-state index >= 15 is 0 Å². The van der Waals surface area contributed by atoms with Gasteiger partial charge in [0.15, 0.2) is 0 Å². The molecular weight excluding hydrogens is 404 g/mol. The Morgan fingerprint density at radius 1 is 1.19 bits per heavy atom. The molecule has 0 unspecified atom stereocenters. The number of aryl methyl sites for hydroxylation is 2. The molecule has 7 heteroatoms. The summed E-state index contributed by atoms with van der Waals surface area (Å²) >= 11 is 0. The average Bonchev–Trinajstić information content (AvgIpc) is 3.06. The van der Waals surface area contributed by atoms with Crippen molar-refractivity contribution in [3.8, 4) is 11.1 Å².